The van der Waals surface area contributed by atoms with Crippen molar-refractivity contribution in [2.45, 2.75) is 18.9 Å². The molecule has 1 unspecified atom stereocenters. The highest BCUT2D eigenvalue weighted by Gasteiger charge is 2.16. The molecule has 128 valence electrons. The number of carbonyl (C=O) groups excluding carboxylic acids is 1. The summed E-state index contributed by atoms with van der Waals surface area (Å²) in [6, 6.07) is 6.14. The first-order valence-electron chi connectivity index (χ1n) is 7.33. The lowest BCUT2D eigenvalue weighted by Gasteiger charge is -2.15. The topological polar surface area (TPSA) is 99.8 Å². The quantitative estimate of drug-likeness (QED) is 0.723. The fourth-order valence-electron chi connectivity index (χ4n) is 2.09. The molecule has 1 aromatic carbocycles. The molecule has 1 heterocycles. The third kappa shape index (κ3) is 5.38. The fraction of sp³-hybridized carbons (Fsp3) is 0.500. The van der Waals surface area contributed by atoms with Gasteiger partial charge in [0.05, 0.1) is 11.8 Å². The summed E-state index contributed by atoms with van der Waals surface area (Å²) in [5, 5.41) is 5.40. The Morgan fingerprint density at radius 2 is 2.09 bits per heavy atom. The van der Waals surface area contributed by atoms with E-state index in [1.54, 1.807) is 24.3 Å². The lowest BCUT2D eigenvalue weighted by molar-refractivity contribution is 0.112. The van der Waals surface area contributed by atoms with Gasteiger partial charge in [-0.05, 0) is 31.0 Å². The Hall–Kier alpha value is -1.84. The van der Waals surface area contributed by atoms with E-state index in [0.717, 1.165) is 23.8 Å². The van der Waals surface area contributed by atoms with Gasteiger partial charge in [0.2, 0.25) is 0 Å². The van der Waals surface area contributed by atoms with Crippen LogP contribution in [0.1, 0.15) is 12.8 Å². The number of nitrogens with zero attached hydrogens (tertiary/aromatic N) is 1. The molecule has 0 bridgehead atoms. The van der Waals surface area contributed by atoms with Gasteiger partial charge in [0.25, 0.3) is 0 Å². The van der Waals surface area contributed by atoms with Crippen LogP contribution in [-0.4, -0.2) is 52.1 Å². The normalized spacial score (nSPS) is 18.0. The first-order valence-corrected chi connectivity index (χ1v) is 8.77. The summed E-state index contributed by atoms with van der Waals surface area (Å²) < 4.78 is 32.5. The van der Waals surface area contributed by atoms with Crippen molar-refractivity contribution < 1.29 is 17.9 Å². The molecule has 1 aliphatic heterocycles. The number of hydrogen-bond acceptors (Lipinski definition) is 4. The smallest absolute Gasteiger partial charge is 0.319 e. The summed E-state index contributed by atoms with van der Waals surface area (Å²) in [5.41, 5.74) is 0.865. The van der Waals surface area contributed by atoms with Gasteiger partial charge in [0, 0.05) is 32.9 Å². The van der Waals surface area contributed by atoms with E-state index in [1.807, 2.05) is 0 Å². The lowest BCUT2D eigenvalue weighted by Crippen LogP contribution is -2.35. The maximum Gasteiger partial charge on any atom is 0.319 e. The summed E-state index contributed by atoms with van der Waals surface area (Å²) >= 11 is 0. The predicted octanol–water partition coefficient (Wildman–Crippen LogP) is 1.21. The molecule has 2 amide bonds. The number of nitrogens with one attached hydrogen (secondary N) is 3. The molecule has 1 aromatic rings. The standard InChI is InChI=1S/C14H22N4O4S/c1-18(2)23(20,21)17-12-6-3-5-11(9-12)16-14(19)15-10-13-7-4-8-22-13/h3,5-6,9,13,17H,4,7-8,10H2,1-2H3,(H2,15,16,19). The van der Waals surface area contributed by atoms with Gasteiger partial charge in [-0.3, -0.25) is 4.72 Å². The second kappa shape index (κ2) is 7.62. The summed E-state index contributed by atoms with van der Waals surface area (Å²) in [7, 11) is -0.712. The van der Waals surface area contributed by atoms with Crippen molar-refractivity contribution in [3.63, 3.8) is 0 Å². The van der Waals surface area contributed by atoms with Crippen LogP contribution in [0.4, 0.5) is 16.2 Å². The highest BCUT2D eigenvalue weighted by molar-refractivity contribution is 7.90. The van der Waals surface area contributed by atoms with Crippen LogP contribution in [0.15, 0.2) is 24.3 Å². The van der Waals surface area contributed by atoms with Gasteiger partial charge < -0.3 is 15.4 Å². The highest BCUT2D eigenvalue weighted by atomic mass is 32.2. The third-order valence-electron chi connectivity index (χ3n) is 3.36. The van der Waals surface area contributed by atoms with Crippen molar-refractivity contribution in [1.29, 1.82) is 0 Å². The zero-order valence-corrected chi connectivity index (χ0v) is 14.0. The van der Waals surface area contributed by atoms with Gasteiger partial charge in [-0.15, -0.1) is 0 Å². The van der Waals surface area contributed by atoms with Crippen molar-refractivity contribution in [2.24, 2.45) is 0 Å². The number of urea groups is 1. The van der Waals surface area contributed by atoms with E-state index in [4.69, 9.17) is 4.74 Å². The maximum absolute atomic E-state index is 11.8. The fourth-order valence-corrected chi connectivity index (χ4v) is 2.70. The van der Waals surface area contributed by atoms with Crippen LogP contribution in [0.2, 0.25) is 0 Å². The lowest BCUT2D eigenvalue weighted by atomic mass is 10.2. The van der Waals surface area contributed by atoms with Crippen molar-refractivity contribution in [3.05, 3.63) is 24.3 Å². The molecule has 9 heteroatoms. The van der Waals surface area contributed by atoms with E-state index >= 15 is 0 Å². The van der Waals surface area contributed by atoms with E-state index in [2.05, 4.69) is 15.4 Å². The molecule has 0 radical (unpaired) electrons. The van der Waals surface area contributed by atoms with Gasteiger partial charge in [-0.2, -0.15) is 12.7 Å². The molecule has 1 atom stereocenters. The summed E-state index contributed by atoms with van der Waals surface area (Å²) in [5.74, 6) is 0. The van der Waals surface area contributed by atoms with E-state index < -0.39 is 10.2 Å². The van der Waals surface area contributed by atoms with Crippen LogP contribution in [0.5, 0.6) is 0 Å². The van der Waals surface area contributed by atoms with E-state index in [1.165, 1.54) is 14.1 Å². The average molecular weight is 342 g/mol. The number of hydrogen-bond donors (Lipinski definition) is 3. The van der Waals surface area contributed by atoms with Crippen molar-refractivity contribution in [1.82, 2.24) is 9.62 Å². The Morgan fingerprint density at radius 1 is 1.35 bits per heavy atom. The number of ether oxygens (including phenoxy) is 1. The van der Waals surface area contributed by atoms with E-state index in [9.17, 15) is 13.2 Å². The SMILES string of the molecule is CN(C)S(=O)(=O)Nc1cccc(NC(=O)NCC2CCCO2)c1. The second-order valence-corrected chi connectivity index (χ2v) is 7.32. The van der Waals surface area contributed by atoms with Gasteiger partial charge >= 0.3 is 16.2 Å². The molecule has 0 spiro atoms. The van der Waals surface area contributed by atoms with Crippen LogP contribution in [0, 0.1) is 0 Å². The summed E-state index contributed by atoms with van der Waals surface area (Å²) in [6.07, 6.45) is 2.03. The second-order valence-electron chi connectivity index (χ2n) is 5.44. The van der Waals surface area contributed by atoms with Gasteiger partial charge in [-0.1, -0.05) is 6.07 Å². The molecule has 0 aliphatic carbocycles. The largest absolute Gasteiger partial charge is 0.376 e. The zero-order chi connectivity index (χ0) is 16.9. The number of amides is 2. The molecule has 1 fully saturated rings. The minimum Gasteiger partial charge on any atom is -0.376 e. The van der Waals surface area contributed by atoms with Crippen LogP contribution < -0.4 is 15.4 Å². The van der Waals surface area contributed by atoms with Crippen LogP contribution in [0.3, 0.4) is 0 Å². The molecule has 3 N–H and O–H groups in total. The maximum atomic E-state index is 11.8. The van der Waals surface area contributed by atoms with Gasteiger partial charge in [0.15, 0.2) is 0 Å². The Kier molecular flexibility index (Phi) is 5.80. The minimum atomic E-state index is -3.58. The van der Waals surface area contributed by atoms with Crippen molar-refractivity contribution in [3.8, 4) is 0 Å². The van der Waals surface area contributed by atoms with Crippen LogP contribution in [-0.2, 0) is 14.9 Å². The van der Waals surface area contributed by atoms with Crippen LogP contribution >= 0.6 is 0 Å². The molecule has 0 aromatic heterocycles. The first-order chi connectivity index (χ1) is 10.9. The third-order valence-corrected chi connectivity index (χ3v) is 4.82. The van der Waals surface area contributed by atoms with Gasteiger partial charge in [0.1, 0.15) is 0 Å². The van der Waals surface area contributed by atoms with E-state index in [0.29, 0.717) is 17.9 Å². The Balaban J connectivity index is 1.90. The molecular formula is C14H22N4O4S. The molecule has 23 heavy (non-hydrogen) atoms. The monoisotopic (exact) mass is 342 g/mol. The summed E-state index contributed by atoms with van der Waals surface area (Å²) in [4.78, 5) is 11.8. The number of carbonyl (C=O) groups is 1. The molecule has 1 aliphatic rings. The number of benzene rings is 1. The first kappa shape index (κ1) is 17.5. The van der Waals surface area contributed by atoms with Gasteiger partial charge in [-0.25, -0.2) is 4.79 Å². The van der Waals surface area contributed by atoms with Crippen molar-refractivity contribution >= 4 is 27.6 Å². The highest BCUT2D eigenvalue weighted by Crippen LogP contribution is 2.17. The molecule has 2 rings (SSSR count). The number of anilines is 2. The van der Waals surface area contributed by atoms with Crippen molar-refractivity contribution in [2.75, 3.05) is 37.3 Å². The minimum absolute atomic E-state index is 0.0685. The predicted molar refractivity (Wildman–Crippen MR) is 88.7 cm³/mol. The zero-order valence-electron chi connectivity index (χ0n) is 13.2. The van der Waals surface area contributed by atoms with Crippen LogP contribution in [0.25, 0.3) is 0 Å². The summed E-state index contributed by atoms with van der Waals surface area (Å²) in [6.45, 7) is 1.20. The molecule has 1 saturated heterocycles. The molecule has 0 saturated carbocycles. The average Bonchev–Trinajstić information content (AvgIpc) is 2.98. The Morgan fingerprint density at radius 3 is 2.74 bits per heavy atom. The number of rotatable bonds is 6. The Bertz CT molecular complexity index is 642. The molecule has 8 nitrogen and oxygen atoms in total. The van der Waals surface area contributed by atoms with E-state index in [-0.39, 0.29) is 12.1 Å². The Labute approximate surface area is 136 Å². The molecular weight excluding hydrogens is 320 g/mol.